The maximum atomic E-state index is 12.4. The largest absolute Gasteiger partial charge is 0.416 e. The van der Waals surface area contributed by atoms with Crippen LogP contribution in [0.3, 0.4) is 0 Å². The van der Waals surface area contributed by atoms with E-state index in [1.165, 1.54) is 12.1 Å². The Kier molecular flexibility index (Phi) is 4.08. The smallest absolute Gasteiger partial charge is 0.309 e. The zero-order valence-electron chi connectivity index (χ0n) is 10.5. The van der Waals surface area contributed by atoms with Gasteiger partial charge in [-0.05, 0) is 30.5 Å². The molecule has 0 amide bonds. The first-order chi connectivity index (χ1) is 9.18. The fourth-order valence-corrected chi connectivity index (χ4v) is 3.09. The first kappa shape index (κ1) is 15.3. The molecule has 1 aliphatic heterocycles. The summed E-state index contributed by atoms with van der Waals surface area (Å²) in [5.74, 6) is 0. The Hall–Kier alpha value is -1.12. The van der Waals surface area contributed by atoms with Gasteiger partial charge in [0, 0.05) is 12.6 Å². The number of halogens is 3. The van der Waals surface area contributed by atoms with Gasteiger partial charge >= 0.3 is 6.18 Å². The van der Waals surface area contributed by atoms with E-state index in [4.69, 9.17) is 5.14 Å². The molecule has 0 radical (unpaired) electrons. The maximum Gasteiger partial charge on any atom is 0.416 e. The first-order valence-corrected chi connectivity index (χ1v) is 7.71. The number of nitrogens with two attached hydrogens (primary N) is 1. The molecule has 0 aliphatic carbocycles. The fourth-order valence-electron chi connectivity index (χ4n) is 2.30. The van der Waals surface area contributed by atoms with Crippen LogP contribution in [0.25, 0.3) is 0 Å². The van der Waals surface area contributed by atoms with E-state index in [0.29, 0.717) is 18.4 Å². The van der Waals surface area contributed by atoms with Crippen LogP contribution in [0, 0.1) is 0 Å². The Labute approximate surface area is 115 Å². The molecule has 4 nitrogen and oxygen atoms in total. The average molecular weight is 308 g/mol. The monoisotopic (exact) mass is 308 g/mol. The van der Waals surface area contributed by atoms with Gasteiger partial charge in [0.1, 0.15) is 0 Å². The van der Waals surface area contributed by atoms with Crippen LogP contribution in [0.4, 0.5) is 13.2 Å². The maximum absolute atomic E-state index is 12.4. The molecule has 1 aliphatic rings. The Morgan fingerprint density at radius 1 is 1.15 bits per heavy atom. The zero-order chi connectivity index (χ0) is 15.0. The second-order valence-corrected chi connectivity index (χ2v) is 6.71. The van der Waals surface area contributed by atoms with Crippen molar-refractivity contribution >= 4 is 10.0 Å². The van der Waals surface area contributed by atoms with E-state index in [1.54, 1.807) is 0 Å². The number of sulfonamides is 1. The molecule has 20 heavy (non-hydrogen) atoms. The van der Waals surface area contributed by atoms with Gasteiger partial charge in [0.2, 0.25) is 10.0 Å². The van der Waals surface area contributed by atoms with Gasteiger partial charge in [0.15, 0.2) is 0 Å². The average Bonchev–Trinajstić information content (AvgIpc) is 2.37. The van der Waals surface area contributed by atoms with Gasteiger partial charge < -0.3 is 5.32 Å². The van der Waals surface area contributed by atoms with E-state index < -0.39 is 27.0 Å². The molecule has 1 fully saturated rings. The van der Waals surface area contributed by atoms with Gasteiger partial charge in [-0.2, -0.15) is 13.2 Å². The van der Waals surface area contributed by atoms with Crippen molar-refractivity contribution in [2.24, 2.45) is 5.14 Å². The van der Waals surface area contributed by atoms with Crippen molar-refractivity contribution in [1.82, 2.24) is 5.32 Å². The summed E-state index contributed by atoms with van der Waals surface area (Å²) in [6.07, 6.45) is -3.43. The molecule has 3 N–H and O–H groups in total. The van der Waals surface area contributed by atoms with E-state index in [9.17, 15) is 21.6 Å². The summed E-state index contributed by atoms with van der Waals surface area (Å²) >= 11 is 0. The summed E-state index contributed by atoms with van der Waals surface area (Å²) in [7, 11) is -3.57. The summed E-state index contributed by atoms with van der Waals surface area (Å²) in [6, 6.07) is 4.75. The van der Waals surface area contributed by atoms with Crippen LogP contribution < -0.4 is 10.5 Å². The first-order valence-electron chi connectivity index (χ1n) is 6.10. The molecule has 1 heterocycles. The van der Waals surface area contributed by atoms with Gasteiger partial charge in [-0.1, -0.05) is 12.1 Å². The van der Waals surface area contributed by atoms with E-state index in [0.717, 1.165) is 12.1 Å². The minimum atomic E-state index is -4.35. The summed E-state index contributed by atoms with van der Waals surface area (Å²) in [5, 5.41) is 7.45. The highest BCUT2D eigenvalue weighted by Crippen LogP contribution is 2.31. The van der Waals surface area contributed by atoms with Crippen molar-refractivity contribution < 1.29 is 21.6 Å². The van der Waals surface area contributed by atoms with Crippen molar-refractivity contribution in [3.05, 3.63) is 35.4 Å². The Balaban J connectivity index is 2.04. The van der Waals surface area contributed by atoms with Gasteiger partial charge in [0.05, 0.1) is 10.8 Å². The van der Waals surface area contributed by atoms with Crippen LogP contribution >= 0.6 is 0 Å². The van der Waals surface area contributed by atoms with E-state index >= 15 is 0 Å². The number of benzene rings is 1. The molecule has 0 spiro atoms. The number of rotatable bonds is 2. The zero-order valence-corrected chi connectivity index (χ0v) is 11.3. The van der Waals surface area contributed by atoms with E-state index in [1.807, 2.05) is 0 Å². The Bertz CT molecular complexity index is 561. The lowest BCUT2D eigenvalue weighted by Gasteiger charge is -2.29. The van der Waals surface area contributed by atoms with Crippen molar-refractivity contribution in [3.8, 4) is 0 Å². The van der Waals surface area contributed by atoms with Crippen molar-refractivity contribution in [3.63, 3.8) is 0 Å². The summed E-state index contributed by atoms with van der Waals surface area (Å²) < 4.78 is 59.7. The molecule has 1 aromatic carbocycles. The molecular weight excluding hydrogens is 293 g/mol. The molecule has 2 rings (SSSR count). The molecule has 112 valence electrons. The lowest BCUT2D eigenvalue weighted by Crippen LogP contribution is -2.43. The minimum absolute atomic E-state index is 0.143. The standard InChI is InChI=1S/C12H15F3N2O2S/c13-12(14,15)9-3-1-8(2-4-9)11-6-5-10(7-17-11)20(16,18)19/h1-4,10-11,17H,5-7H2,(H2,16,18,19). The van der Waals surface area contributed by atoms with Gasteiger partial charge in [0.25, 0.3) is 0 Å². The number of hydrogen-bond acceptors (Lipinski definition) is 3. The number of nitrogens with one attached hydrogen (secondary N) is 1. The second-order valence-electron chi connectivity index (χ2n) is 4.87. The fraction of sp³-hybridized carbons (Fsp3) is 0.500. The summed E-state index contributed by atoms with van der Waals surface area (Å²) in [6.45, 7) is 0.213. The highest BCUT2D eigenvalue weighted by atomic mass is 32.2. The van der Waals surface area contributed by atoms with E-state index in [-0.39, 0.29) is 12.6 Å². The van der Waals surface area contributed by atoms with Crippen LogP contribution in [0.1, 0.15) is 30.0 Å². The van der Waals surface area contributed by atoms with Crippen LogP contribution in [0.5, 0.6) is 0 Å². The highest BCUT2D eigenvalue weighted by molar-refractivity contribution is 7.89. The van der Waals surface area contributed by atoms with Crippen molar-refractivity contribution in [1.29, 1.82) is 0 Å². The lowest BCUT2D eigenvalue weighted by molar-refractivity contribution is -0.137. The van der Waals surface area contributed by atoms with Crippen LogP contribution in [0.2, 0.25) is 0 Å². The van der Waals surface area contributed by atoms with Gasteiger partial charge in [-0.15, -0.1) is 0 Å². The molecule has 0 bridgehead atoms. The normalized spacial score (nSPS) is 24.6. The topological polar surface area (TPSA) is 72.2 Å². The summed E-state index contributed by atoms with van der Waals surface area (Å²) in [5.41, 5.74) is 0.0188. The molecule has 0 saturated carbocycles. The molecule has 0 aromatic heterocycles. The van der Waals surface area contributed by atoms with Crippen molar-refractivity contribution in [2.45, 2.75) is 30.3 Å². The number of hydrogen-bond donors (Lipinski definition) is 2. The quantitative estimate of drug-likeness (QED) is 0.875. The molecular formula is C12H15F3N2O2S. The predicted octanol–water partition coefficient (Wildman–Crippen LogP) is 1.79. The number of piperidine rings is 1. The van der Waals surface area contributed by atoms with Gasteiger partial charge in [-0.25, -0.2) is 13.6 Å². The third-order valence-corrected chi connectivity index (χ3v) is 4.81. The third-order valence-electron chi connectivity index (χ3n) is 3.47. The number of primary sulfonamides is 1. The highest BCUT2D eigenvalue weighted by Gasteiger charge is 2.31. The lowest BCUT2D eigenvalue weighted by atomic mass is 9.96. The Morgan fingerprint density at radius 2 is 1.75 bits per heavy atom. The molecule has 2 unspecified atom stereocenters. The number of alkyl halides is 3. The molecule has 2 atom stereocenters. The van der Waals surface area contributed by atoms with Crippen molar-refractivity contribution in [2.75, 3.05) is 6.54 Å². The summed E-state index contributed by atoms with van der Waals surface area (Å²) in [4.78, 5) is 0. The van der Waals surface area contributed by atoms with E-state index in [2.05, 4.69) is 5.32 Å². The SMILES string of the molecule is NS(=O)(=O)C1CCC(c2ccc(C(F)(F)F)cc2)NC1. The minimum Gasteiger partial charge on any atom is -0.309 e. The third kappa shape index (κ3) is 3.50. The molecule has 8 heteroatoms. The molecule has 1 aromatic rings. The molecule has 1 saturated heterocycles. The Morgan fingerprint density at radius 3 is 2.15 bits per heavy atom. The van der Waals surface area contributed by atoms with Crippen LogP contribution in [-0.2, 0) is 16.2 Å². The van der Waals surface area contributed by atoms with Crippen LogP contribution in [-0.4, -0.2) is 20.2 Å². The second kappa shape index (κ2) is 5.34. The van der Waals surface area contributed by atoms with Gasteiger partial charge in [-0.3, -0.25) is 0 Å². The van der Waals surface area contributed by atoms with Crippen LogP contribution in [0.15, 0.2) is 24.3 Å². The predicted molar refractivity (Wildman–Crippen MR) is 68.3 cm³/mol.